The van der Waals surface area contributed by atoms with Crippen molar-refractivity contribution in [1.82, 2.24) is 10.6 Å². The van der Waals surface area contributed by atoms with Crippen molar-refractivity contribution in [3.63, 3.8) is 0 Å². The zero-order valence-electron chi connectivity index (χ0n) is 10.7. The Balaban J connectivity index is 1.81. The summed E-state index contributed by atoms with van der Waals surface area (Å²) in [6.45, 7) is 7.68. The van der Waals surface area contributed by atoms with E-state index in [-0.39, 0.29) is 6.10 Å². The summed E-state index contributed by atoms with van der Waals surface area (Å²) in [6.07, 6.45) is -0.193. The van der Waals surface area contributed by atoms with Gasteiger partial charge in [-0.3, -0.25) is 0 Å². The molecule has 0 radical (unpaired) electrons. The van der Waals surface area contributed by atoms with Gasteiger partial charge in [-0.05, 0) is 25.0 Å². The van der Waals surface area contributed by atoms with Gasteiger partial charge in [0.05, 0.1) is 6.10 Å². The summed E-state index contributed by atoms with van der Waals surface area (Å²) in [5.74, 6) is 0.348. The molecule has 1 fully saturated rings. The minimum atomic E-state index is -0.193. The Kier molecular flexibility index (Phi) is 4.15. The Labute approximate surface area is 103 Å². The first kappa shape index (κ1) is 12.6. The van der Waals surface area contributed by atoms with E-state index < -0.39 is 0 Å². The highest BCUT2D eigenvalue weighted by Crippen LogP contribution is 2.11. The molecule has 0 amide bonds. The van der Waals surface area contributed by atoms with Crippen molar-refractivity contribution in [2.24, 2.45) is 5.92 Å². The standard InChI is InChI=1S/C14H22N2O/c1-10-3-4-12(11(2)5-10)6-15-7-13-8-16-9-14(13)17/h3-5,13-17H,6-9H2,1-2H3. The van der Waals surface area contributed by atoms with Gasteiger partial charge in [0.1, 0.15) is 0 Å². The number of aryl methyl sites for hydroxylation is 2. The molecule has 17 heavy (non-hydrogen) atoms. The quantitative estimate of drug-likeness (QED) is 0.727. The van der Waals surface area contributed by atoms with Crippen LogP contribution in [0.5, 0.6) is 0 Å². The van der Waals surface area contributed by atoms with E-state index in [2.05, 4.69) is 42.7 Å². The van der Waals surface area contributed by atoms with Gasteiger partial charge in [-0.15, -0.1) is 0 Å². The summed E-state index contributed by atoms with van der Waals surface area (Å²) in [5, 5.41) is 16.3. The van der Waals surface area contributed by atoms with Crippen LogP contribution in [-0.4, -0.2) is 30.8 Å². The van der Waals surface area contributed by atoms with Gasteiger partial charge in [0.2, 0.25) is 0 Å². The molecule has 1 aromatic carbocycles. The van der Waals surface area contributed by atoms with Crippen LogP contribution in [0, 0.1) is 19.8 Å². The first-order chi connectivity index (χ1) is 8.16. The Morgan fingerprint density at radius 1 is 1.35 bits per heavy atom. The van der Waals surface area contributed by atoms with E-state index in [1.165, 1.54) is 16.7 Å². The van der Waals surface area contributed by atoms with Gasteiger partial charge < -0.3 is 15.7 Å². The molecule has 2 atom stereocenters. The lowest BCUT2D eigenvalue weighted by molar-refractivity contribution is 0.146. The van der Waals surface area contributed by atoms with E-state index >= 15 is 0 Å². The van der Waals surface area contributed by atoms with Crippen LogP contribution in [0.15, 0.2) is 18.2 Å². The summed E-state index contributed by atoms with van der Waals surface area (Å²) in [7, 11) is 0. The topological polar surface area (TPSA) is 44.3 Å². The Bertz CT molecular complexity index is 378. The summed E-state index contributed by atoms with van der Waals surface area (Å²) in [4.78, 5) is 0. The van der Waals surface area contributed by atoms with E-state index in [9.17, 15) is 5.11 Å². The molecule has 1 aliphatic rings. The van der Waals surface area contributed by atoms with Crippen LogP contribution in [0.25, 0.3) is 0 Å². The maximum absolute atomic E-state index is 9.67. The van der Waals surface area contributed by atoms with Crippen molar-refractivity contribution >= 4 is 0 Å². The predicted octanol–water partition coefficient (Wildman–Crippen LogP) is 0.973. The lowest BCUT2D eigenvalue weighted by Crippen LogP contribution is -2.30. The third-order valence-electron chi connectivity index (χ3n) is 3.52. The number of aliphatic hydroxyl groups excluding tert-OH is 1. The number of hydrogen-bond acceptors (Lipinski definition) is 3. The third kappa shape index (κ3) is 3.28. The maximum atomic E-state index is 9.67. The van der Waals surface area contributed by atoms with Crippen LogP contribution in [0.4, 0.5) is 0 Å². The molecule has 0 aromatic heterocycles. The number of nitrogens with one attached hydrogen (secondary N) is 2. The second-order valence-electron chi connectivity index (χ2n) is 5.05. The summed E-state index contributed by atoms with van der Waals surface area (Å²) < 4.78 is 0. The minimum absolute atomic E-state index is 0.193. The molecule has 2 rings (SSSR count). The number of aliphatic hydroxyl groups is 1. The van der Waals surface area contributed by atoms with Gasteiger partial charge >= 0.3 is 0 Å². The van der Waals surface area contributed by atoms with Gasteiger partial charge in [-0.1, -0.05) is 23.8 Å². The van der Waals surface area contributed by atoms with Gasteiger partial charge in [-0.25, -0.2) is 0 Å². The van der Waals surface area contributed by atoms with E-state index in [0.717, 1.165) is 26.2 Å². The minimum Gasteiger partial charge on any atom is -0.391 e. The Morgan fingerprint density at radius 2 is 2.18 bits per heavy atom. The zero-order chi connectivity index (χ0) is 12.3. The van der Waals surface area contributed by atoms with Crippen LogP contribution in [0.2, 0.25) is 0 Å². The molecule has 0 bridgehead atoms. The highest BCUT2D eigenvalue weighted by Gasteiger charge is 2.23. The summed E-state index contributed by atoms with van der Waals surface area (Å²) in [5.41, 5.74) is 3.99. The fraction of sp³-hybridized carbons (Fsp3) is 0.571. The van der Waals surface area contributed by atoms with Gasteiger partial charge in [-0.2, -0.15) is 0 Å². The molecule has 1 heterocycles. The molecule has 94 valence electrons. The molecule has 0 spiro atoms. The van der Waals surface area contributed by atoms with Crippen LogP contribution in [-0.2, 0) is 6.54 Å². The van der Waals surface area contributed by atoms with Crippen LogP contribution < -0.4 is 10.6 Å². The van der Waals surface area contributed by atoms with E-state index in [1.54, 1.807) is 0 Å². The lowest BCUT2D eigenvalue weighted by atomic mass is 10.0. The number of benzene rings is 1. The summed E-state index contributed by atoms with van der Waals surface area (Å²) in [6, 6.07) is 6.54. The average Bonchev–Trinajstić information content (AvgIpc) is 2.68. The van der Waals surface area contributed by atoms with Crippen LogP contribution in [0.3, 0.4) is 0 Å². The monoisotopic (exact) mass is 234 g/mol. The van der Waals surface area contributed by atoms with Crippen molar-refractivity contribution in [2.75, 3.05) is 19.6 Å². The molecule has 1 aliphatic heterocycles. The lowest BCUT2D eigenvalue weighted by Gasteiger charge is -2.15. The van der Waals surface area contributed by atoms with Crippen LogP contribution >= 0.6 is 0 Å². The smallest absolute Gasteiger partial charge is 0.0716 e. The molecule has 2 unspecified atom stereocenters. The van der Waals surface area contributed by atoms with Gasteiger partial charge in [0, 0.05) is 32.1 Å². The van der Waals surface area contributed by atoms with E-state index in [0.29, 0.717) is 5.92 Å². The van der Waals surface area contributed by atoms with Gasteiger partial charge in [0.15, 0.2) is 0 Å². The van der Waals surface area contributed by atoms with Crippen molar-refractivity contribution in [2.45, 2.75) is 26.5 Å². The molecular weight excluding hydrogens is 212 g/mol. The molecule has 3 nitrogen and oxygen atoms in total. The molecule has 1 aromatic rings. The number of hydrogen-bond donors (Lipinski definition) is 3. The predicted molar refractivity (Wildman–Crippen MR) is 70.0 cm³/mol. The Hall–Kier alpha value is -0.900. The van der Waals surface area contributed by atoms with Gasteiger partial charge in [0.25, 0.3) is 0 Å². The first-order valence-electron chi connectivity index (χ1n) is 6.32. The second kappa shape index (κ2) is 5.63. The van der Waals surface area contributed by atoms with Crippen LogP contribution in [0.1, 0.15) is 16.7 Å². The normalized spacial score (nSPS) is 24.2. The number of rotatable bonds is 4. The van der Waals surface area contributed by atoms with Crippen molar-refractivity contribution < 1.29 is 5.11 Å². The molecule has 1 saturated heterocycles. The molecule has 0 aliphatic carbocycles. The highest BCUT2D eigenvalue weighted by atomic mass is 16.3. The fourth-order valence-electron chi connectivity index (χ4n) is 2.36. The van der Waals surface area contributed by atoms with Crippen molar-refractivity contribution in [1.29, 1.82) is 0 Å². The van der Waals surface area contributed by atoms with E-state index in [4.69, 9.17) is 0 Å². The summed E-state index contributed by atoms with van der Waals surface area (Å²) >= 11 is 0. The first-order valence-corrected chi connectivity index (χ1v) is 6.32. The highest BCUT2D eigenvalue weighted by molar-refractivity contribution is 5.30. The number of β-amino-alcohol motifs (C(OH)–C–C–N with tert-alkyl or cyclic N) is 1. The van der Waals surface area contributed by atoms with Crippen molar-refractivity contribution in [3.8, 4) is 0 Å². The average molecular weight is 234 g/mol. The largest absolute Gasteiger partial charge is 0.391 e. The molecule has 0 saturated carbocycles. The second-order valence-corrected chi connectivity index (χ2v) is 5.05. The van der Waals surface area contributed by atoms with E-state index in [1.807, 2.05) is 0 Å². The molecule has 3 N–H and O–H groups in total. The molecule has 3 heteroatoms. The fourth-order valence-corrected chi connectivity index (χ4v) is 2.36. The molecular formula is C14H22N2O. The van der Waals surface area contributed by atoms with Crippen molar-refractivity contribution in [3.05, 3.63) is 34.9 Å². The maximum Gasteiger partial charge on any atom is 0.0716 e. The zero-order valence-corrected chi connectivity index (χ0v) is 10.7. The SMILES string of the molecule is Cc1ccc(CNCC2CNCC2O)c(C)c1. The Morgan fingerprint density at radius 3 is 2.82 bits per heavy atom. The third-order valence-corrected chi connectivity index (χ3v) is 3.52.